The molecule has 4 heteroatoms. The lowest BCUT2D eigenvalue weighted by atomic mass is 9.76. The first-order chi connectivity index (χ1) is 8.35. The number of benzene rings is 1. The number of halogens is 1. The van der Waals surface area contributed by atoms with E-state index in [1.165, 1.54) is 5.47 Å². The van der Waals surface area contributed by atoms with Crippen molar-refractivity contribution in [3.05, 3.63) is 35.8 Å². The van der Waals surface area contributed by atoms with Crippen LogP contribution >= 0.6 is 11.6 Å². The van der Waals surface area contributed by atoms with Crippen molar-refractivity contribution in [3.8, 4) is 11.5 Å². The third kappa shape index (κ3) is 2.98. The number of alkyl halides is 1. The van der Waals surface area contributed by atoms with Crippen LogP contribution in [0.2, 0.25) is 0 Å². The van der Waals surface area contributed by atoms with Gasteiger partial charge in [-0.3, -0.25) is 0 Å². The molecule has 0 spiro atoms. The molecule has 1 aliphatic rings. The lowest BCUT2D eigenvalue weighted by Crippen LogP contribution is -2.27. The van der Waals surface area contributed by atoms with Gasteiger partial charge in [0, 0.05) is 5.88 Å². The fourth-order valence-electron chi connectivity index (χ4n) is 1.82. The average Bonchev–Trinajstić information content (AvgIpc) is 2.78. The molecule has 0 fully saturated rings. The first-order valence-corrected chi connectivity index (χ1v) is 6.56. The summed E-state index contributed by atoms with van der Waals surface area (Å²) in [7, 11) is -0.257. The minimum atomic E-state index is -0.257. The van der Waals surface area contributed by atoms with Crippen LogP contribution in [0.4, 0.5) is 0 Å². The molecule has 1 aliphatic heterocycles. The van der Waals surface area contributed by atoms with Gasteiger partial charge in [-0.05, 0) is 36.9 Å². The maximum atomic E-state index is 5.77. The number of hydrogen-bond donors (Lipinski definition) is 0. The highest BCUT2D eigenvalue weighted by atomic mass is 35.5. The number of hydrogen-bond acceptors (Lipinski definition) is 2. The predicted octanol–water partition coefficient (Wildman–Crippen LogP) is 3.84. The molecule has 1 aromatic rings. The minimum absolute atomic E-state index is 0.257. The summed E-state index contributed by atoms with van der Waals surface area (Å²) in [6.07, 6.45) is 5.08. The van der Waals surface area contributed by atoms with Crippen molar-refractivity contribution in [1.82, 2.24) is 0 Å². The number of unbranched alkanes of at least 4 members (excludes halogenated alkanes) is 1. The third-order valence-electron chi connectivity index (χ3n) is 2.77. The van der Waals surface area contributed by atoms with Crippen LogP contribution in [0.25, 0.3) is 0 Å². The van der Waals surface area contributed by atoms with Gasteiger partial charge >= 0.3 is 7.12 Å². The zero-order valence-electron chi connectivity index (χ0n) is 9.99. The SMILES string of the molecule is CC/C(=C\CCCCl)B1Oc2ccccc2O1. The van der Waals surface area contributed by atoms with Crippen LogP contribution in [-0.4, -0.2) is 13.0 Å². The smallest absolute Gasteiger partial charge is 0.519 e. The molecule has 0 aliphatic carbocycles. The molecule has 0 amide bonds. The van der Waals surface area contributed by atoms with Crippen molar-refractivity contribution >= 4 is 18.7 Å². The molecule has 1 aromatic carbocycles. The van der Waals surface area contributed by atoms with Gasteiger partial charge in [0.15, 0.2) is 0 Å². The monoisotopic (exact) mass is 250 g/mol. The van der Waals surface area contributed by atoms with Crippen LogP contribution in [-0.2, 0) is 0 Å². The van der Waals surface area contributed by atoms with Crippen molar-refractivity contribution in [3.63, 3.8) is 0 Å². The van der Waals surface area contributed by atoms with Crippen LogP contribution < -0.4 is 9.31 Å². The van der Waals surface area contributed by atoms with Gasteiger partial charge in [0.25, 0.3) is 0 Å². The molecule has 90 valence electrons. The summed E-state index contributed by atoms with van der Waals surface area (Å²) in [6, 6.07) is 7.77. The Balaban J connectivity index is 2.02. The first-order valence-electron chi connectivity index (χ1n) is 6.02. The summed E-state index contributed by atoms with van der Waals surface area (Å²) in [6.45, 7) is 2.11. The molecular formula is C13H16BClO2. The zero-order valence-corrected chi connectivity index (χ0v) is 10.7. The number of rotatable bonds is 5. The topological polar surface area (TPSA) is 18.5 Å². The Kier molecular flexibility index (Phi) is 4.38. The molecule has 0 radical (unpaired) electrons. The number of para-hydroxylation sites is 2. The van der Waals surface area contributed by atoms with E-state index in [1.807, 2.05) is 24.3 Å². The fraction of sp³-hybridized carbons (Fsp3) is 0.385. The minimum Gasteiger partial charge on any atom is -0.519 e. The Morgan fingerprint density at radius 2 is 1.94 bits per heavy atom. The summed E-state index contributed by atoms with van der Waals surface area (Å²) in [5.74, 6) is 2.35. The Morgan fingerprint density at radius 1 is 1.29 bits per heavy atom. The van der Waals surface area contributed by atoms with Gasteiger partial charge in [-0.25, -0.2) is 0 Å². The summed E-state index contributed by atoms with van der Waals surface area (Å²) >= 11 is 5.67. The quantitative estimate of drug-likeness (QED) is 0.449. The van der Waals surface area contributed by atoms with Crippen LogP contribution in [0, 0.1) is 0 Å². The fourth-order valence-corrected chi connectivity index (χ4v) is 1.98. The van der Waals surface area contributed by atoms with Gasteiger partial charge in [-0.15, -0.1) is 11.6 Å². The maximum absolute atomic E-state index is 5.77. The Hall–Kier alpha value is -1.09. The highest BCUT2D eigenvalue weighted by Crippen LogP contribution is 2.34. The van der Waals surface area contributed by atoms with Crippen molar-refractivity contribution in [2.75, 3.05) is 5.88 Å². The van der Waals surface area contributed by atoms with Crippen LogP contribution in [0.15, 0.2) is 35.8 Å². The van der Waals surface area contributed by atoms with Gasteiger partial charge in [0.05, 0.1) is 0 Å². The van der Waals surface area contributed by atoms with E-state index in [-0.39, 0.29) is 7.12 Å². The summed E-state index contributed by atoms with van der Waals surface area (Å²) in [4.78, 5) is 0. The van der Waals surface area contributed by atoms with Crippen LogP contribution in [0.1, 0.15) is 26.2 Å². The first kappa shape index (κ1) is 12.4. The van der Waals surface area contributed by atoms with E-state index in [1.54, 1.807) is 0 Å². The zero-order chi connectivity index (χ0) is 12.1. The van der Waals surface area contributed by atoms with E-state index in [9.17, 15) is 0 Å². The molecule has 0 saturated heterocycles. The molecule has 2 nitrogen and oxygen atoms in total. The van der Waals surface area contributed by atoms with Crippen LogP contribution in [0.5, 0.6) is 11.5 Å². The second-order valence-electron chi connectivity index (χ2n) is 3.98. The molecule has 1 heterocycles. The van der Waals surface area contributed by atoms with Crippen molar-refractivity contribution in [2.24, 2.45) is 0 Å². The van der Waals surface area contributed by atoms with Crippen LogP contribution in [0.3, 0.4) is 0 Å². The van der Waals surface area contributed by atoms with Gasteiger partial charge < -0.3 is 9.31 Å². The normalized spacial score (nSPS) is 14.2. The van der Waals surface area contributed by atoms with Crippen molar-refractivity contribution in [1.29, 1.82) is 0 Å². The summed E-state index contributed by atoms with van der Waals surface area (Å²) < 4.78 is 11.5. The summed E-state index contributed by atoms with van der Waals surface area (Å²) in [5.41, 5.74) is 1.19. The standard InChI is InChI=1S/C13H16BClO2/c1-2-11(7-5-6-10-15)14-16-12-8-3-4-9-13(12)17-14/h3-4,7-9H,2,5-6,10H2,1H3/b11-7+. The highest BCUT2D eigenvalue weighted by molar-refractivity contribution is 6.56. The van der Waals surface area contributed by atoms with E-state index < -0.39 is 0 Å². The third-order valence-corrected chi connectivity index (χ3v) is 3.04. The van der Waals surface area contributed by atoms with Gasteiger partial charge in [-0.2, -0.15) is 0 Å². The van der Waals surface area contributed by atoms with E-state index >= 15 is 0 Å². The molecular weight excluding hydrogens is 234 g/mol. The molecule has 0 unspecified atom stereocenters. The summed E-state index contributed by atoms with van der Waals surface area (Å²) in [5, 5.41) is 0. The second-order valence-corrected chi connectivity index (χ2v) is 4.36. The molecule has 0 aromatic heterocycles. The average molecular weight is 251 g/mol. The van der Waals surface area contributed by atoms with E-state index in [0.717, 1.165) is 30.8 Å². The predicted molar refractivity (Wildman–Crippen MR) is 71.8 cm³/mol. The molecule has 17 heavy (non-hydrogen) atoms. The van der Waals surface area contributed by atoms with Gasteiger partial charge in [-0.1, -0.05) is 25.1 Å². The lowest BCUT2D eigenvalue weighted by Gasteiger charge is -2.07. The molecule has 0 N–H and O–H groups in total. The van der Waals surface area contributed by atoms with E-state index in [0.29, 0.717) is 5.88 Å². The Labute approximate surface area is 108 Å². The molecule has 0 saturated carbocycles. The lowest BCUT2D eigenvalue weighted by molar-refractivity contribution is 0.508. The molecule has 0 atom stereocenters. The van der Waals surface area contributed by atoms with E-state index in [2.05, 4.69) is 13.0 Å². The second kappa shape index (κ2) is 6.01. The number of fused-ring (bicyclic) bond motifs is 1. The highest BCUT2D eigenvalue weighted by Gasteiger charge is 2.34. The largest absolute Gasteiger partial charge is 0.628 e. The van der Waals surface area contributed by atoms with E-state index in [4.69, 9.17) is 20.9 Å². The Bertz CT molecular complexity index is 381. The molecule has 2 rings (SSSR count). The number of allylic oxidation sites excluding steroid dienone is 2. The van der Waals surface area contributed by atoms with Gasteiger partial charge in [0.1, 0.15) is 11.5 Å². The molecule has 0 bridgehead atoms. The van der Waals surface area contributed by atoms with Crippen molar-refractivity contribution in [2.45, 2.75) is 26.2 Å². The van der Waals surface area contributed by atoms with Crippen molar-refractivity contribution < 1.29 is 9.31 Å². The van der Waals surface area contributed by atoms with Gasteiger partial charge in [0.2, 0.25) is 0 Å². The maximum Gasteiger partial charge on any atom is 0.628 e. The Morgan fingerprint density at radius 3 is 2.47 bits per heavy atom.